The molecule has 0 saturated carbocycles. The summed E-state index contributed by atoms with van der Waals surface area (Å²) in [5.74, 6) is 1.59. The number of anilines is 1. The summed E-state index contributed by atoms with van der Waals surface area (Å²) in [4.78, 5) is 17.1. The van der Waals surface area contributed by atoms with E-state index in [2.05, 4.69) is 40.8 Å². The maximum absolute atomic E-state index is 4.73. The van der Waals surface area contributed by atoms with Crippen LogP contribution in [0.15, 0.2) is 48.1 Å². The van der Waals surface area contributed by atoms with Crippen LogP contribution in [-0.4, -0.2) is 15.0 Å². The van der Waals surface area contributed by atoms with Gasteiger partial charge in [0.15, 0.2) is 5.82 Å². The Hall–Kier alpha value is -2.31. The number of nitrogens with zero attached hydrogens (tertiary/aromatic N) is 3. The minimum absolute atomic E-state index is 0.709. The summed E-state index contributed by atoms with van der Waals surface area (Å²) in [7, 11) is 0. The zero-order chi connectivity index (χ0) is 15.6. The highest BCUT2D eigenvalue weighted by Gasteiger charge is 2.12. The van der Waals surface area contributed by atoms with E-state index in [1.807, 2.05) is 12.1 Å². The third kappa shape index (κ3) is 2.95. The van der Waals surface area contributed by atoms with E-state index in [1.165, 1.54) is 9.75 Å². The molecule has 0 aliphatic rings. The molecular weight excluding hydrogens is 324 g/mol. The van der Waals surface area contributed by atoms with E-state index >= 15 is 0 Å². The van der Waals surface area contributed by atoms with Gasteiger partial charge in [-0.05, 0) is 36.6 Å². The van der Waals surface area contributed by atoms with Crippen LogP contribution in [0.5, 0.6) is 0 Å². The molecule has 114 valence electrons. The number of aromatic nitrogens is 3. The normalized spacial score (nSPS) is 11.0. The summed E-state index contributed by atoms with van der Waals surface area (Å²) in [6, 6.07) is 10.2. The van der Waals surface area contributed by atoms with Gasteiger partial charge >= 0.3 is 0 Å². The second-order valence-corrected chi connectivity index (χ2v) is 7.41. The zero-order valence-corrected chi connectivity index (χ0v) is 14.1. The molecule has 0 spiro atoms. The molecule has 0 aromatic carbocycles. The van der Waals surface area contributed by atoms with E-state index < -0.39 is 0 Å². The van der Waals surface area contributed by atoms with E-state index in [0.717, 1.165) is 28.1 Å². The fourth-order valence-electron chi connectivity index (χ4n) is 2.38. The lowest BCUT2D eigenvalue weighted by atomic mass is 10.2. The number of hydrogen-bond donors (Lipinski definition) is 1. The van der Waals surface area contributed by atoms with Crippen LogP contribution in [0.4, 0.5) is 5.82 Å². The van der Waals surface area contributed by atoms with Crippen LogP contribution < -0.4 is 5.32 Å². The molecule has 0 atom stereocenters. The van der Waals surface area contributed by atoms with Crippen LogP contribution in [0.1, 0.15) is 9.75 Å². The lowest BCUT2D eigenvalue weighted by Crippen LogP contribution is -2.02. The summed E-state index contributed by atoms with van der Waals surface area (Å²) >= 11 is 3.43. The lowest BCUT2D eigenvalue weighted by Gasteiger charge is -2.08. The first kappa shape index (κ1) is 14.3. The van der Waals surface area contributed by atoms with Crippen molar-refractivity contribution in [1.82, 2.24) is 15.0 Å². The van der Waals surface area contributed by atoms with Crippen molar-refractivity contribution < 1.29 is 0 Å². The average molecular weight is 338 g/mol. The van der Waals surface area contributed by atoms with E-state index in [1.54, 1.807) is 35.1 Å². The van der Waals surface area contributed by atoms with Gasteiger partial charge in [-0.2, -0.15) is 0 Å². The standard InChI is InChI=1S/C17H14N4S2/c1-11-8-14-16(19-10-13-5-3-7-22-13)20-15(21-17(14)23-11)12-4-2-6-18-9-12/h2-9H,10H2,1H3,(H,19,20,21). The van der Waals surface area contributed by atoms with Crippen molar-refractivity contribution in [2.75, 3.05) is 5.32 Å². The molecule has 4 rings (SSSR count). The van der Waals surface area contributed by atoms with E-state index in [0.29, 0.717) is 5.82 Å². The van der Waals surface area contributed by atoms with Crippen LogP contribution in [-0.2, 0) is 6.54 Å². The van der Waals surface area contributed by atoms with Crippen LogP contribution in [0.3, 0.4) is 0 Å². The predicted molar refractivity (Wildman–Crippen MR) is 97.0 cm³/mol. The van der Waals surface area contributed by atoms with Gasteiger partial charge in [0.05, 0.1) is 11.9 Å². The number of aryl methyl sites for hydroxylation is 1. The molecule has 0 fully saturated rings. The number of rotatable bonds is 4. The van der Waals surface area contributed by atoms with E-state index in [-0.39, 0.29) is 0 Å². The molecular formula is C17H14N4S2. The van der Waals surface area contributed by atoms with Crippen LogP contribution in [0.2, 0.25) is 0 Å². The Morgan fingerprint density at radius 1 is 1.17 bits per heavy atom. The topological polar surface area (TPSA) is 50.7 Å². The quantitative estimate of drug-likeness (QED) is 0.584. The second-order valence-electron chi connectivity index (χ2n) is 5.15. The van der Waals surface area contributed by atoms with Crippen LogP contribution in [0.25, 0.3) is 21.6 Å². The number of hydrogen-bond acceptors (Lipinski definition) is 6. The smallest absolute Gasteiger partial charge is 0.164 e. The van der Waals surface area contributed by atoms with Crippen molar-refractivity contribution in [3.8, 4) is 11.4 Å². The van der Waals surface area contributed by atoms with E-state index in [9.17, 15) is 0 Å². The molecule has 0 unspecified atom stereocenters. The Bertz CT molecular complexity index is 930. The van der Waals surface area contributed by atoms with Gasteiger partial charge < -0.3 is 5.32 Å². The van der Waals surface area contributed by atoms with Crippen molar-refractivity contribution in [1.29, 1.82) is 0 Å². The summed E-state index contributed by atoms with van der Waals surface area (Å²) in [6.45, 7) is 2.87. The minimum Gasteiger partial charge on any atom is -0.365 e. The number of thiophene rings is 2. The molecule has 1 N–H and O–H groups in total. The molecule has 4 heterocycles. The van der Waals surface area contributed by atoms with Crippen molar-refractivity contribution in [3.05, 3.63) is 57.9 Å². The molecule has 6 heteroatoms. The van der Waals surface area contributed by atoms with Gasteiger partial charge in [0.1, 0.15) is 10.6 Å². The first-order chi connectivity index (χ1) is 11.3. The van der Waals surface area contributed by atoms with Crippen molar-refractivity contribution in [2.24, 2.45) is 0 Å². The third-order valence-electron chi connectivity index (χ3n) is 3.45. The Kier molecular flexibility index (Phi) is 3.77. The fourth-order valence-corrected chi connectivity index (χ4v) is 3.91. The summed E-state index contributed by atoms with van der Waals surface area (Å²) < 4.78 is 0. The Balaban J connectivity index is 1.77. The molecule has 0 aliphatic carbocycles. The number of nitrogens with one attached hydrogen (secondary N) is 1. The maximum Gasteiger partial charge on any atom is 0.164 e. The van der Waals surface area contributed by atoms with Gasteiger partial charge in [0.25, 0.3) is 0 Å². The number of pyridine rings is 1. The molecule has 0 bridgehead atoms. The Labute approximate surface area is 141 Å². The van der Waals surface area contributed by atoms with Crippen molar-refractivity contribution >= 4 is 38.7 Å². The molecule has 4 aromatic rings. The predicted octanol–water partition coefficient (Wildman–Crippen LogP) is 4.74. The van der Waals surface area contributed by atoms with Crippen LogP contribution >= 0.6 is 22.7 Å². The molecule has 4 nitrogen and oxygen atoms in total. The lowest BCUT2D eigenvalue weighted by molar-refractivity contribution is 1.13. The maximum atomic E-state index is 4.73. The zero-order valence-electron chi connectivity index (χ0n) is 12.5. The average Bonchev–Trinajstić information content (AvgIpc) is 3.21. The summed E-state index contributed by atoms with van der Waals surface area (Å²) in [6.07, 6.45) is 3.55. The van der Waals surface area contributed by atoms with Gasteiger partial charge in [0, 0.05) is 27.7 Å². The van der Waals surface area contributed by atoms with E-state index in [4.69, 9.17) is 9.97 Å². The summed E-state index contributed by atoms with van der Waals surface area (Å²) in [5, 5.41) is 6.63. The Morgan fingerprint density at radius 3 is 2.91 bits per heavy atom. The highest BCUT2D eigenvalue weighted by atomic mass is 32.1. The highest BCUT2D eigenvalue weighted by molar-refractivity contribution is 7.18. The van der Waals surface area contributed by atoms with Gasteiger partial charge in [-0.1, -0.05) is 6.07 Å². The SMILES string of the molecule is Cc1cc2c(NCc3cccs3)nc(-c3cccnc3)nc2s1. The first-order valence-corrected chi connectivity index (χ1v) is 8.94. The van der Waals surface area contributed by atoms with Gasteiger partial charge in [-0.25, -0.2) is 9.97 Å². The van der Waals surface area contributed by atoms with Gasteiger partial charge in [0.2, 0.25) is 0 Å². The molecule has 0 radical (unpaired) electrons. The van der Waals surface area contributed by atoms with Crippen molar-refractivity contribution in [2.45, 2.75) is 13.5 Å². The molecule has 23 heavy (non-hydrogen) atoms. The van der Waals surface area contributed by atoms with Gasteiger partial charge in [-0.15, -0.1) is 22.7 Å². The minimum atomic E-state index is 0.709. The molecule has 4 aromatic heterocycles. The Morgan fingerprint density at radius 2 is 2.13 bits per heavy atom. The van der Waals surface area contributed by atoms with Gasteiger partial charge in [-0.3, -0.25) is 4.98 Å². The molecule has 0 aliphatic heterocycles. The monoisotopic (exact) mass is 338 g/mol. The largest absolute Gasteiger partial charge is 0.365 e. The third-order valence-corrected chi connectivity index (χ3v) is 5.27. The highest BCUT2D eigenvalue weighted by Crippen LogP contribution is 2.31. The fraction of sp³-hybridized carbons (Fsp3) is 0.118. The molecule has 0 amide bonds. The number of fused-ring (bicyclic) bond motifs is 1. The summed E-state index contributed by atoms with van der Waals surface area (Å²) in [5.41, 5.74) is 0.930. The van der Waals surface area contributed by atoms with Crippen molar-refractivity contribution in [3.63, 3.8) is 0 Å². The molecule has 0 saturated heterocycles. The first-order valence-electron chi connectivity index (χ1n) is 7.24. The second kappa shape index (κ2) is 6.06. The van der Waals surface area contributed by atoms with Crippen LogP contribution in [0, 0.1) is 6.92 Å².